The normalized spacial score (nSPS) is 20.6. The molecule has 114 valence electrons. The lowest BCUT2D eigenvalue weighted by Crippen LogP contribution is -2.42. The zero-order valence-corrected chi connectivity index (χ0v) is 13.0. The number of hydrogen-bond acceptors (Lipinski definition) is 2. The lowest BCUT2D eigenvalue weighted by molar-refractivity contribution is 0.101. The van der Waals surface area contributed by atoms with Gasteiger partial charge in [0.1, 0.15) is 0 Å². The SMILES string of the molecule is CC(=O)c1cccc(NC(=O)NC2CCCC(C)(C)C2)c1. The number of amides is 2. The first-order valence-corrected chi connectivity index (χ1v) is 7.54. The molecule has 1 unspecified atom stereocenters. The molecule has 1 aromatic carbocycles. The number of urea groups is 1. The first-order chi connectivity index (χ1) is 9.85. The van der Waals surface area contributed by atoms with E-state index < -0.39 is 0 Å². The van der Waals surface area contributed by atoms with Crippen molar-refractivity contribution in [3.63, 3.8) is 0 Å². The summed E-state index contributed by atoms with van der Waals surface area (Å²) in [5, 5.41) is 5.85. The molecule has 1 fully saturated rings. The van der Waals surface area contributed by atoms with E-state index in [2.05, 4.69) is 24.5 Å². The Hall–Kier alpha value is -1.84. The summed E-state index contributed by atoms with van der Waals surface area (Å²) in [4.78, 5) is 23.4. The van der Waals surface area contributed by atoms with Gasteiger partial charge in [0.05, 0.1) is 0 Å². The van der Waals surface area contributed by atoms with Gasteiger partial charge in [0, 0.05) is 17.3 Å². The number of benzene rings is 1. The number of hydrogen-bond donors (Lipinski definition) is 2. The van der Waals surface area contributed by atoms with Crippen LogP contribution in [0.15, 0.2) is 24.3 Å². The van der Waals surface area contributed by atoms with E-state index in [9.17, 15) is 9.59 Å². The van der Waals surface area contributed by atoms with Gasteiger partial charge in [-0.3, -0.25) is 4.79 Å². The van der Waals surface area contributed by atoms with E-state index in [1.807, 2.05) is 0 Å². The third-order valence-corrected chi connectivity index (χ3v) is 4.07. The van der Waals surface area contributed by atoms with Crippen molar-refractivity contribution in [1.29, 1.82) is 0 Å². The Morgan fingerprint density at radius 1 is 1.29 bits per heavy atom. The molecule has 1 saturated carbocycles. The van der Waals surface area contributed by atoms with Crippen LogP contribution in [-0.4, -0.2) is 17.9 Å². The van der Waals surface area contributed by atoms with Crippen molar-refractivity contribution in [1.82, 2.24) is 5.32 Å². The summed E-state index contributed by atoms with van der Waals surface area (Å²) < 4.78 is 0. The van der Waals surface area contributed by atoms with Crippen molar-refractivity contribution in [2.75, 3.05) is 5.32 Å². The van der Waals surface area contributed by atoms with Gasteiger partial charge in [0.25, 0.3) is 0 Å². The second kappa shape index (κ2) is 6.29. The first kappa shape index (κ1) is 15.5. The van der Waals surface area contributed by atoms with Crippen molar-refractivity contribution in [2.45, 2.75) is 52.5 Å². The lowest BCUT2D eigenvalue weighted by atomic mass is 9.75. The van der Waals surface area contributed by atoms with Crippen molar-refractivity contribution in [3.05, 3.63) is 29.8 Å². The van der Waals surface area contributed by atoms with Gasteiger partial charge in [-0.2, -0.15) is 0 Å². The summed E-state index contributed by atoms with van der Waals surface area (Å²) in [6.45, 7) is 6.01. The van der Waals surface area contributed by atoms with Gasteiger partial charge in [-0.1, -0.05) is 32.4 Å². The van der Waals surface area contributed by atoms with Gasteiger partial charge in [-0.05, 0) is 43.7 Å². The molecule has 0 spiro atoms. The second-order valence-corrected chi connectivity index (χ2v) is 6.69. The number of Topliss-reactive ketones (excluding diaryl/α,β-unsaturated/α-hetero) is 1. The van der Waals surface area contributed by atoms with Crippen molar-refractivity contribution >= 4 is 17.5 Å². The number of ketones is 1. The van der Waals surface area contributed by atoms with Crippen LogP contribution in [0.2, 0.25) is 0 Å². The van der Waals surface area contributed by atoms with Gasteiger partial charge in [-0.25, -0.2) is 4.79 Å². The van der Waals surface area contributed by atoms with Gasteiger partial charge >= 0.3 is 6.03 Å². The molecule has 0 bridgehead atoms. The molecule has 4 nitrogen and oxygen atoms in total. The van der Waals surface area contributed by atoms with Crippen LogP contribution < -0.4 is 10.6 Å². The number of rotatable bonds is 3. The number of carbonyl (C=O) groups excluding carboxylic acids is 2. The summed E-state index contributed by atoms with van der Waals surface area (Å²) in [6, 6.07) is 7.04. The molecular formula is C17H24N2O2. The Morgan fingerprint density at radius 3 is 2.71 bits per heavy atom. The highest BCUT2D eigenvalue weighted by Crippen LogP contribution is 2.35. The average Bonchev–Trinajstić information content (AvgIpc) is 2.37. The van der Waals surface area contributed by atoms with E-state index >= 15 is 0 Å². The molecule has 4 heteroatoms. The summed E-state index contributed by atoms with van der Waals surface area (Å²) in [5.41, 5.74) is 1.55. The highest BCUT2D eigenvalue weighted by atomic mass is 16.2. The molecule has 2 rings (SSSR count). The van der Waals surface area contributed by atoms with Crippen LogP contribution in [-0.2, 0) is 0 Å². The van der Waals surface area contributed by atoms with Crippen molar-refractivity contribution in [2.24, 2.45) is 5.41 Å². The summed E-state index contributed by atoms with van der Waals surface area (Å²) >= 11 is 0. The molecule has 1 aliphatic carbocycles. The molecule has 0 saturated heterocycles. The fraction of sp³-hybridized carbons (Fsp3) is 0.529. The Labute approximate surface area is 126 Å². The van der Waals surface area contributed by atoms with Crippen LogP contribution in [0.25, 0.3) is 0 Å². The number of anilines is 1. The smallest absolute Gasteiger partial charge is 0.319 e. The van der Waals surface area contributed by atoms with Crippen LogP contribution in [0, 0.1) is 5.41 Å². The zero-order chi connectivity index (χ0) is 15.5. The van der Waals surface area contributed by atoms with Gasteiger partial charge in [0.2, 0.25) is 0 Å². The third-order valence-electron chi connectivity index (χ3n) is 4.07. The van der Waals surface area contributed by atoms with Gasteiger partial charge in [0.15, 0.2) is 5.78 Å². The van der Waals surface area contributed by atoms with Gasteiger partial charge < -0.3 is 10.6 Å². The Balaban J connectivity index is 1.92. The molecule has 0 aromatic heterocycles. The maximum Gasteiger partial charge on any atom is 0.319 e. The Kier molecular flexibility index (Phi) is 4.66. The van der Waals surface area contributed by atoms with E-state index in [-0.39, 0.29) is 17.9 Å². The average molecular weight is 288 g/mol. The monoisotopic (exact) mass is 288 g/mol. The molecule has 1 atom stereocenters. The molecule has 0 heterocycles. The topological polar surface area (TPSA) is 58.2 Å². The van der Waals surface area contributed by atoms with Crippen LogP contribution in [0.4, 0.5) is 10.5 Å². The third kappa shape index (κ3) is 4.59. The fourth-order valence-corrected chi connectivity index (χ4v) is 2.99. The van der Waals surface area contributed by atoms with E-state index in [1.165, 1.54) is 13.3 Å². The molecule has 0 radical (unpaired) electrons. The number of carbonyl (C=O) groups is 2. The summed E-state index contributed by atoms with van der Waals surface area (Å²) in [7, 11) is 0. The fourth-order valence-electron chi connectivity index (χ4n) is 2.99. The van der Waals surface area contributed by atoms with Crippen LogP contribution in [0.1, 0.15) is 56.8 Å². The second-order valence-electron chi connectivity index (χ2n) is 6.69. The highest BCUT2D eigenvalue weighted by molar-refractivity contribution is 5.96. The van der Waals surface area contributed by atoms with E-state index in [0.717, 1.165) is 19.3 Å². The molecule has 21 heavy (non-hydrogen) atoms. The van der Waals surface area contributed by atoms with E-state index in [1.54, 1.807) is 24.3 Å². The zero-order valence-electron chi connectivity index (χ0n) is 13.0. The molecular weight excluding hydrogens is 264 g/mol. The standard InChI is InChI=1S/C17H24N2O2/c1-12(20)13-6-4-7-14(10-13)18-16(21)19-15-8-5-9-17(2,3)11-15/h4,6-7,10,15H,5,8-9,11H2,1-3H3,(H2,18,19,21). The van der Waals surface area contributed by atoms with Crippen molar-refractivity contribution < 1.29 is 9.59 Å². The molecule has 2 amide bonds. The molecule has 1 aliphatic rings. The van der Waals surface area contributed by atoms with Crippen molar-refractivity contribution in [3.8, 4) is 0 Å². The number of nitrogens with one attached hydrogen (secondary N) is 2. The minimum atomic E-state index is -0.196. The molecule has 0 aliphatic heterocycles. The minimum absolute atomic E-state index is 0.00640. The highest BCUT2D eigenvalue weighted by Gasteiger charge is 2.28. The quantitative estimate of drug-likeness (QED) is 0.826. The van der Waals surface area contributed by atoms with Crippen LogP contribution >= 0.6 is 0 Å². The van der Waals surface area contributed by atoms with E-state index in [0.29, 0.717) is 16.7 Å². The largest absolute Gasteiger partial charge is 0.335 e. The predicted octanol–water partition coefficient (Wildman–Crippen LogP) is 3.98. The minimum Gasteiger partial charge on any atom is -0.335 e. The molecule has 1 aromatic rings. The molecule has 2 N–H and O–H groups in total. The Morgan fingerprint density at radius 2 is 2.05 bits per heavy atom. The van der Waals surface area contributed by atoms with Crippen LogP contribution in [0.3, 0.4) is 0 Å². The Bertz CT molecular complexity index is 537. The van der Waals surface area contributed by atoms with Gasteiger partial charge in [-0.15, -0.1) is 0 Å². The summed E-state index contributed by atoms with van der Waals surface area (Å²) in [5.74, 6) is -0.00640. The van der Waals surface area contributed by atoms with Crippen LogP contribution in [0.5, 0.6) is 0 Å². The maximum absolute atomic E-state index is 12.1. The summed E-state index contributed by atoms with van der Waals surface area (Å²) in [6.07, 6.45) is 4.41. The lowest BCUT2D eigenvalue weighted by Gasteiger charge is -2.35. The first-order valence-electron chi connectivity index (χ1n) is 7.54. The predicted molar refractivity (Wildman–Crippen MR) is 84.6 cm³/mol. The van der Waals surface area contributed by atoms with E-state index in [4.69, 9.17) is 0 Å². The maximum atomic E-state index is 12.1.